The Kier molecular flexibility index (Phi) is 8.76. The third-order valence-electron chi connectivity index (χ3n) is 8.81. The largest absolute Gasteiger partial charge is 0.497 e. The van der Waals surface area contributed by atoms with Gasteiger partial charge < -0.3 is 39.0 Å². The van der Waals surface area contributed by atoms with Crippen LogP contribution in [-0.4, -0.2) is 95.2 Å². The average molecular weight is 590 g/mol. The van der Waals surface area contributed by atoms with Crippen LogP contribution in [0.25, 0.3) is 0 Å². The van der Waals surface area contributed by atoms with Crippen molar-refractivity contribution in [1.29, 1.82) is 0 Å². The molecule has 11 heteroatoms. The quantitative estimate of drug-likeness (QED) is 0.244. The highest BCUT2D eigenvalue weighted by Crippen LogP contribution is 2.55. The maximum absolute atomic E-state index is 13.9. The number of methoxy groups -OCH3 is 1. The summed E-state index contributed by atoms with van der Waals surface area (Å²) in [5.41, 5.74) is -2.25. The fourth-order valence-corrected chi connectivity index (χ4v) is 7.11. The number of carbonyl (C=O) groups excluding carboxylic acids is 2. The maximum atomic E-state index is 13.9. The van der Waals surface area contributed by atoms with Gasteiger partial charge in [-0.15, -0.1) is 0 Å². The molecule has 11 nitrogen and oxygen atoms in total. The van der Waals surface area contributed by atoms with Gasteiger partial charge in [-0.1, -0.05) is 0 Å². The Bertz CT molecular complexity index is 1210. The lowest BCUT2D eigenvalue weighted by Gasteiger charge is -2.40. The molecule has 0 saturated carbocycles. The molecule has 232 valence electrons. The lowest BCUT2D eigenvalue weighted by atomic mass is 9.77. The van der Waals surface area contributed by atoms with Crippen molar-refractivity contribution in [3.05, 3.63) is 35.1 Å². The zero-order valence-corrected chi connectivity index (χ0v) is 24.7. The van der Waals surface area contributed by atoms with Crippen LogP contribution in [0.3, 0.4) is 0 Å². The van der Waals surface area contributed by atoms with E-state index in [4.69, 9.17) is 28.8 Å². The molecule has 2 unspecified atom stereocenters. The van der Waals surface area contributed by atoms with Crippen LogP contribution >= 0.6 is 0 Å². The summed E-state index contributed by atoms with van der Waals surface area (Å²) in [7, 11) is 1.53. The molecule has 0 amide bonds. The van der Waals surface area contributed by atoms with E-state index in [1.807, 2.05) is 12.1 Å². The number of ether oxygens (including phenoxy) is 5. The zero-order valence-electron chi connectivity index (χ0n) is 24.7. The Morgan fingerprint density at radius 3 is 2.60 bits per heavy atom. The molecule has 1 spiro atoms. The molecule has 1 aliphatic carbocycles. The summed E-state index contributed by atoms with van der Waals surface area (Å²) in [5.74, 6) is -0.360. The Hall–Kier alpha value is -2.86. The van der Waals surface area contributed by atoms with Crippen molar-refractivity contribution in [2.75, 3.05) is 40.2 Å². The van der Waals surface area contributed by atoms with Crippen molar-refractivity contribution >= 4 is 11.9 Å². The number of aliphatic hydroxyl groups excluding tert-OH is 1. The SMILES string of the molecule is COC1=CC23CCCN2CCc2cc4c(cc2[C@@H]3C1OC(=O)[C@](O)(CC(=O)OCCCCCO)CC(C)(C)O)OCO4. The smallest absolute Gasteiger partial charge is 0.339 e. The summed E-state index contributed by atoms with van der Waals surface area (Å²) in [6.07, 6.45) is 4.46. The number of hydrogen-bond acceptors (Lipinski definition) is 11. The van der Waals surface area contributed by atoms with Gasteiger partial charge in [0.05, 0.1) is 37.2 Å². The third-order valence-corrected chi connectivity index (χ3v) is 8.81. The van der Waals surface area contributed by atoms with Gasteiger partial charge in [-0.2, -0.15) is 0 Å². The molecule has 5 rings (SSSR count). The number of nitrogens with zero attached hydrogens (tertiary/aromatic N) is 1. The van der Waals surface area contributed by atoms with Crippen molar-refractivity contribution < 1.29 is 48.6 Å². The fourth-order valence-electron chi connectivity index (χ4n) is 7.11. The molecule has 4 atom stereocenters. The molecule has 0 radical (unpaired) electrons. The van der Waals surface area contributed by atoms with Crippen LogP contribution in [0.4, 0.5) is 0 Å². The molecule has 0 bridgehead atoms. The van der Waals surface area contributed by atoms with Gasteiger partial charge in [0.25, 0.3) is 0 Å². The van der Waals surface area contributed by atoms with Gasteiger partial charge >= 0.3 is 11.9 Å². The summed E-state index contributed by atoms with van der Waals surface area (Å²) in [6, 6.07) is 3.97. The first-order chi connectivity index (χ1) is 20.0. The fraction of sp³-hybridized carbons (Fsp3) is 0.677. The van der Waals surface area contributed by atoms with E-state index in [1.54, 1.807) is 0 Å². The molecule has 42 heavy (non-hydrogen) atoms. The van der Waals surface area contributed by atoms with E-state index in [9.17, 15) is 19.8 Å². The molecule has 1 saturated heterocycles. The second-order valence-electron chi connectivity index (χ2n) is 12.5. The number of benzene rings is 1. The van der Waals surface area contributed by atoms with Crippen LogP contribution in [0.2, 0.25) is 0 Å². The Balaban J connectivity index is 1.44. The number of fused-ring (bicyclic) bond motifs is 3. The van der Waals surface area contributed by atoms with Crippen LogP contribution in [0.15, 0.2) is 24.0 Å². The summed E-state index contributed by atoms with van der Waals surface area (Å²) in [4.78, 5) is 29.1. The van der Waals surface area contributed by atoms with E-state index in [2.05, 4.69) is 11.0 Å². The Morgan fingerprint density at radius 1 is 1.12 bits per heavy atom. The topological polar surface area (TPSA) is 144 Å². The summed E-state index contributed by atoms with van der Waals surface area (Å²) in [5, 5.41) is 31.2. The van der Waals surface area contributed by atoms with Crippen molar-refractivity contribution in [2.45, 2.75) is 94.0 Å². The lowest BCUT2D eigenvalue weighted by Crippen LogP contribution is -2.51. The van der Waals surface area contributed by atoms with Crippen molar-refractivity contribution in [3.63, 3.8) is 0 Å². The molecule has 3 aliphatic heterocycles. The molecule has 1 aromatic carbocycles. The molecule has 1 fully saturated rings. The van der Waals surface area contributed by atoms with E-state index in [1.165, 1.54) is 21.0 Å². The first-order valence-corrected chi connectivity index (χ1v) is 14.9. The van der Waals surface area contributed by atoms with E-state index in [-0.39, 0.29) is 25.9 Å². The number of carbonyl (C=O) groups is 2. The minimum absolute atomic E-state index is 0.0536. The molecular weight excluding hydrogens is 546 g/mol. The van der Waals surface area contributed by atoms with Gasteiger partial charge in [-0.3, -0.25) is 9.69 Å². The van der Waals surface area contributed by atoms with Gasteiger partial charge in [0.1, 0.15) is 5.76 Å². The number of aliphatic hydroxyl groups is 3. The van der Waals surface area contributed by atoms with Crippen LogP contribution in [0.5, 0.6) is 11.5 Å². The zero-order chi connectivity index (χ0) is 30.1. The first-order valence-electron chi connectivity index (χ1n) is 14.9. The second-order valence-corrected chi connectivity index (χ2v) is 12.5. The molecule has 1 aromatic rings. The second kappa shape index (κ2) is 12.0. The highest BCUT2D eigenvalue weighted by molar-refractivity contribution is 5.86. The van der Waals surface area contributed by atoms with Crippen molar-refractivity contribution in [2.24, 2.45) is 0 Å². The monoisotopic (exact) mass is 589 g/mol. The molecule has 3 N–H and O–H groups in total. The number of rotatable bonds is 12. The van der Waals surface area contributed by atoms with Gasteiger partial charge in [0.2, 0.25) is 6.79 Å². The molecular formula is C31H43NO10. The predicted octanol–water partition coefficient (Wildman–Crippen LogP) is 2.33. The van der Waals surface area contributed by atoms with Gasteiger partial charge in [0.15, 0.2) is 23.2 Å². The summed E-state index contributed by atoms with van der Waals surface area (Å²) in [6.45, 7) is 4.90. The highest BCUT2D eigenvalue weighted by Gasteiger charge is 2.59. The molecule has 3 heterocycles. The van der Waals surface area contributed by atoms with Crippen molar-refractivity contribution in [1.82, 2.24) is 4.90 Å². The van der Waals surface area contributed by atoms with E-state index >= 15 is 0 Å². The van der Waals surface area contributed by atoms with Crippen LogP contribution < -0.4 is 9.47 Å². The van der Waals surface area contributed by atoms with Gasteiger partial charge in [-0.05, 0) is 88.3 Å². The van der Waals surface area contributed by atoms with Gasteiger partial charge in [0, 0.05) is 19.6 Å². The normalized spacial score (nSPS) is 25.9. The highest BCUT2D eigenvalue weighted by atomic mass is 16.7. The van der Waals surface area contributed by atoms with Crippen molar-refractivity contribution in [3.8, 4) is 11.5 Å². The molecule has 0 aromatic heterocycles. The lowest BCUT2D eigenvalue weighted by molar-refractivity contribution is -0.183. The van der Waals surface area contributed by atoms with E-state index < -0.39 is 47.6 Å². The molecule has 4 aliphatic rings. The Labute approximate surface area is 246 Å². The third kappa shape index (κ3) is 5.97. The van der Waals surface area contributed by atoms with E-state index in [0.717, 1.165) is 43.5 Å². The summed E-state index contributed by atoms with van der Waals surface area (Å²) >= 11 is 0. The minimum Gasteiger partial charge on any atom is -0.497 e. The average Bonchev–Trinajstić information content (AvgIpc) is 3.61. The van der Waals surface area contributed by atoms with Crippen LogP contribution in [0.1, 0.15) is 75.8 Å². The van der Waals surface area contributed by atoms with Crippen LogP contribution in [0, 0.1) is 0 Å². The van der Waals surface area contributed by atoms with E-state index in [0.29, 0.717) is 36.5 Å². The number of hydrogen-bond donors (Lipinski definition) is 3. The minimum atomic E-state index is -2.34. The summed E-state index contributed by atoms with van der Waals surface area (Å²) < 4.78 is 28.6. The maximum Gasteiger partial charge on any atom is 0.339 e. The first kappa shape index (κ1) is 30.6. The van der Waals surface area contributed by atoms with Crippen LogP contribution in [-0.2, 0) is 30.2 Å². The van der Waals surface area contributed by atoms with Gasteiger partial charge in [-0.25, -0.2) is 4.79 Å². The standard InChI is InChI=1S/C31H43NO10/c1-29(2,36)18-31(37,17-25(34)39-13-6-4-5-12-33)28(35)42-27-24(38-3)16-30-9-7-10-32(30)11-8-20-14-22-23(41-19-40-22)15-21(20)26(27)30/h14-16,26-27,33,36-37H,4-13,17-19H2,1-3H3/t26-,27?,30?,31+/m1/s1. The number of unbranched alkanes of at least 4 members (excludes halogenated alkanes) is 2. The Morgan fingerprint density at radius 2 is 1.88 bits per heavy atom. The predicted molar refractivity (Wildman–Crippen MR) is 150 cm³/mol. The number of esters is 2.